The Morgan fingerprint density at radius 2 is 2.41 bits per heavy atom. The fraction of sp³-hybridized carbons (Fsp3) is 0.462. The first-order valence-corrected chi connectivity index (χ1v) is 5.80. The Morgan fingerprint density at radius 1 is 1.53 bits per heavy atom. The molecule has 1 saturated heterocycles. The Kier molecular flexibility index (Phi) is 4.08. The lowest BCUT2D eigenvalue weighted by Gasteiger charge is -2.11. The average molecular weight is 234 g/mol. The quantitative estimate of drug-likeness (QED) is 0.866. The molecule has 1 aromatic rings. The van der Waals surface area contributed by atoms with Crippen molar-refractivity contribution in [1.82, 2.24) is 5.32 Å². The van der Waals surface area contributed by atoms with Crippen molar-refractivity contribution in [3.63, 3.8) is 0 Å². The van der Waals surface area contributed by atoms with Crippen molar-refractivity contribution in [2.75, 3.05) is 13.2 Å². The third-order valence-corrected chi connectivity index (χ3v) is 2.89. The molecule has 2 rings (SSSR count). The van der Waals surface area contributed by atoms with Crippen LogP contribution in [0, 0.1) is 17.1 Å². The minimum absolute atomic E-state index is 0.247. The molecule has 0 radical (unpaired) electrons. The van der Waals surface area contributed by atoms with Crippen LogP contribution in [0.15, 0.2) is 18.2 Å². The van der Waals surface area contributed by atoms with Crippen LogP contribution in [0.4, 0.5) is 4.39 Å². The number of hydrogen-bond donors (Lipinski definition) is 1. The fourth-order valence-corrected chi connectivity index (χ4v) is 1.95. The van der Waals surface area contributed by atoms with Crippen LogP contribution in [0.2, 0.25) is 0 Å². The van der Waals surface area contributed by atoms with Crippen LogP contribution in [0.3, 0.4) is 0 Å². The molecule has 1 aromatic carbocycles. The first-order chi connectivity index (χ1) is 8.29. The molecule has 3 nitrogen and oxygen atoms in total. The molecule has 0 aliphatic carbocycles. The van der Waals surface area contributed by atoms with Crippen molar-refractivity contribution in [2.45, 2.75) is 25.5 Å². The molecule has 0 aromatic heterocycles. The molecule has 1 aliphatic heterocycles. The standard InChI is InChI=1S/C13H15FN2O/c14-13-4-3-10(7-15)6-11(13)8-16-9-12-2-1-5-17-12/h3-4,6,12,16H,1-2,5,8-9H2. The molecule has 0 bridgehead atoms. The number of rotatable bonds is 4. The maximum atomic E-state index is 13.4. The Labute approximate surface area is 100 Å². The lowest BCUT2D eigenvalue weighted by atomic mass is 10.1. The third-order valence-electron chi connectivity index (χ3n) is 2.89. The van der Waals surface area contributed by atoms with Crippen LogP contribution >= 0.6 is 0 Å². The molecule has 4 heteroatoms. The number of nitrogens with one attached hydrogen (secondary N) is 1. The minimum Gasteiger partial charge on any atom is -0.377 e. The third kappa shape index (κ3) is 3.26. The minimum atomic E-state index is -0.274. The van der Waals surface area contributed by atoms with Crippen molar-refractivity contribution in [2.24, 2.45) is 0 Å². The Hall–Kier alpha value is -1.44. The monoisotopic (exact) mass is 234 g/mol. The molecular weight excluding hydrogens is 219 g/mol. The van der Waals surface area contributed by atoms with E-state index in [0.717, 1.165) is 26.0 Å². The van der Waals surface area contributed by atoms with Gasteiger partial charge in [0, 0.05) is 25.3 Å². The normalized spacial score (nSPS) is 19.2. The second-order valence-electron chi connectivity index (χ2n) is 4.18. The number of hydrogen-bond acceptors (Lipinski definition) is 3. The summed E-state index contributed by atoms with van der Waals surface area (Å²) in [7, 11) is 0. The van der Waals surface area contributed by atoms with E-state index in [1.165, 1.54) is 12.1 Å². The highest BCUT2D eigenvalue weighted by Crippen LogP contribution is 2.12. The summed E-state index contributed by atoms with van der Waals surface area (Å²) in [6, 6.07) is 6.41. The van der Waals surface area contributed by atoms with Gasteiger partial charge in [-0.25, -0.2) is 4.39 Å². The smallest absolute Gasteiger partial charge is 0.127 e. The second-order valence-corrected chi connectivity index (χ2v) is 4.18. The van der Waals surface area contributed by atoms with E-state index in [4.69, 9.17) is 10.00 Å². The van der Waals surface area contributed by atoms with Gasteiger partial charge in [0.05, 0.1) is 17.7 Å². The SMILES string of the molecule is N#Cc1ccc(F)c(CNCC2CCCO2)c1. The zero-order valence-corrected chi connectivity index (χ0v) is 9.58. The lowest BCUT2D eigenvalue weighted by Crippen LogP contribution is -2.26. The van der Waals surface area contributed by atoms with Gasteiger partial charge in [0.2, 0.25) is 0 Å². The van der Waals surface area contributed by atoms with E-state index in [0.29, 0.717) is 17.7 Å². The highest BCUT2D eigenvalue weighted by Gasteiger charge is 2.14. The lowest BCUT2D eigenvalue weighted by molar-refractivity contribution is 0.110. The largest absolute Gasteiger partial charge is 0.377 e. The molecule has 1 heterocycles. The van der Waals surface area contributed by atoms with Crippen LogP contribution in [-0.2, 0) is 11.3 Å². The molecule has 1 N–H and O–H groups in total. The van der Waals surface area contributed by atoms with Gasteiger partial charge in [0.25, 0.3) is 0 Å². The number of benzene rings is 1. The molecule has 1 fully saturated rings. The van der Waals surface area contributed by atoms with E-state index in [1.807, 2.05) is 6.07 Å². The Morgan fingerprint density at radius 3 is 3.12 bits per heavy atom. The highest BCUT2D eigenvalue weighted by molar-refractivity contribution is 5.33. The van der Waals surface area contributed by atoms with Gasteiger partial charge in [0.15, 0.2) is 0 Å². The second kappa shape index (κ2) is 5.76. The van der Waals surface area contributed by atoms with Gasteiger partial charge in [-0.05, 0) is 31.0 Å². The van der Waals surface area contributed by atoms with Crippen molar-refractivity contribution >= 4 is 0 Å². The summed E-state index contributed by atoms with van der Waals surface area (Å²) >= 11 is 0. The van der Waals surface area contributed by atoms with Gasteiger partial charge < -0.3 is 10.1 Å². The Bertz CT molecular complexity index is 422. The van der Waals surface area contributed by atoms with Crippen molar-refractivity contribution < 1.29 is 9.13 Å². The molecule has 0 spiro atoms. The predicted molar refractivity (Wildman–Crippen MR) is 61.8 cm³/mol. The number of nitrogens with zero attached hydrogens (tertiary/aromatic N) is 1. The first kappa shape index (κ1) is 12.0. The van der Waals surface area contributed by atoms with Gasteiger partial charge in [-0.2, -0.15) is 5.26 Å². The molecular formula is C13H15FN2O. The number of nitriles is 1. The highest BCUT2D eigenvalue weighted by atomic mass is 19.1. The fourth-order valence-electron chi connectivity index (χ4n) is 1.95. The predicted octanol–water partition coefficient (Wildman–Crippen LogP) is 1.97. The summed E-state index contributed by atoms with van der Waals surface area (Å²) in [4.78, 5) is 0. The molecule has 1 aliphatic rings. The summed E-state index contributed by atoms with van der Waals surface area (Å²) < 4.78 is 18.9. The zero-order chi connectivity index (χ0) is 12.1. The van der Waals surface area contributed by atoms with Crippen LogP contribution in [0.1, 0.15) is 24.0 Å². The number of ether oxygens (including phenoxy) is 1. The van der Waals surface area contributed by atoms with Crippen LogP contribution < -0.4 is 5.32 Å². The average Bonchev–Trinajstić information content (AvgIpc) is 2.84. The topological polar surface area (TPSA) is 45.0 Å². The maximum absolute atomic E-state index is 13.4. The van der Waals surface area contributed by atoms with Crippen LogP contribution in [0.5, 0.6) is 0 Å². The van der Waals surface area contributed by atoms with Crippen molar-refractivity contribution in [1.29, 1.82) is 5.26 Å². The van der Waals surface area contributed by atoms with E-state index in [1.54, 1.807) is 6.07 Å². The summed E-state index contributed by atoms with van der Waals surface area (Å²) in [6.07, 6.45) is 2.41. The molecule has 1 unspecified atom stereocenters. The van der Waals surface area contributed by atoms with E-state index < -0.39 is 0 Å². The van der Waals surface area contributed by atoms with E-state index in [-0.39, 0.29) is 11.9 Å². The molecule has 17 heavy (non-hydrogen) atoms. The van der Waals surface area contributed by atoms with Crippen molar-refractivity contribution in [3.05, 3.63) is 35.1 Å². The van der Waals surface area contributed by atoms with Crippen LogP contribution in [0.25, 0.3) is 0 Å². The van der Waals surface area contributed by atoms with Gasteiger partial charge in [-0.1, -0.05) is 0 Å². The zero-order valence-electron chi connectivity index (χ0n) is 9.58. The Balaban J connectivity index is 1.87. The summed E-state index contributed by atoms with van der Waals surface area (Å²) in [6.45, 7) is 1.99. The van der Waals surface area contributed by atoms with Crippen molar-refractivity contribution in [3.8, 4) is 6.07 Å². The molecule has 0 amide bonds. The maximum Gasteiger partial charge on any atom is 0.127 e. The number of halogens is 1. The molecule has 0 saturated carbocycles. The van der Waals surface area contributed by atoms with Gasteiger partial charge in [0.1, 0.15) is 5.82 Å². The van der Waals surface area contributed by atoms with E-state index >= 15 is 0 Å². The summed E-state index contributed by atoms with van der Waals surface area (Å²) in [5.41, 5.74) is 1.02. The summed E-state index contributed by atoms with van der Waals surface area (Å²) in [5.74, 6) is -0.274. The van der Waals surface area contributed by atoms with Gasteiger partial charge >= 0.3 is 0 Å². The summed E-state index contributed by atoms with van der Waals surface area (Å²) in [5, 5.41) is 11.9. The van der Waals surface area contributed by atoms with Gasteiger partial charge in [-0.3, -0.25) is 0 Å². The molecule has 1 atom stereocenters. The van der Waals surface area contributed by atoms with Gasteiger partial charge in [-0.15, -0.1) is 0 Å². The first-order valence-electron chi connectivity index (χ1n) is 5.80. The van der Waals surface area contributed by atoms with E-state index in [2.05, 4.69) is 5.32 Å². The van der Waals surface area contributed by atoms with E-state index in [9.17, 15) is 4.39 Å². The molecule has 90 valence electrons. The van der Waals surface area contributed by atoms with Crippen LogP contribution in [-0.4, -0.2) is 19.3 Å².